The van der Waals surface area contributed by atoms with Crippen molar-refractivity contribution >= 4 is 0 Å². The lowest BCUT2D eigenvalue weighted by molar-refractivity contribution is -0.182. The number of hydrogen-bond acceptors (Lipinski definition) is 3. The number of rotatable bonds is 7. The molecule has 0 heterocycles. The van der Waals surface area contributed by atoms with Crippen LogP contribution in [0.15, 0.2) is 0 Å². The topological polar surface area (TPSA) is 38.5 Å². The average Bonchev–Trinajstić information content (AvgIpc) is 2.12. The molecular weight excluding hydrogens is 209 g/mol. The van der Waals surface area contributed by atoms with Gasteiger partial charge in [0.1, 0.15) is 6.04 Å². The second kappa shape index (κ2) is 7.03. The Balaban J connectivity index is 4.11. The maximum absolute atomic E-state index is 12.5. The first-order valence-corrected chi connectivity index (χ1v) is 4.98. The summed E-state index contributed by atoms with van der Waals surface area (Å²) in [6.07, 6.45) is -4.30. The Bertz CT molecular complexity index is 164. The monoisotopic (exact) mass is 228 g/mol. The number of halogens is 3. The average molecular weight is 228 g/mol. The fraction of sp³-hybridized carbons (Fsp3) is 1.00. The maximum atomic E-state index is 12.5. The maximum Gasteiger partial charge on any atom is 0.404 e. The molecule has 6 heteroatoms. The summed E-state index contributed by atoms with van der Waals surface area (Å²) in [5.74, 6) is 0. The third-order valence-electron chi connectivity index (χ3n) is 2.14. The van der Waals surface area contributed by atoms with Crippen molar-refractivity contribution in [3.63, 3.8) is 0 Å². The van der Waals surface area contributed by atoms with Crippen LogP contribution in [0.1, 0.15) is 13.3 Å². The van der Waals surface area contributed by atoms with Crippen molar-refractivity contribution in [1.29, 1.82) is 0 Å². The van der Waals surface area contributed by atoms with E-state index >= 15 is 0 Å². The molecule has 0 saturated heterocycles. The molecule has 0 fully saturated rings. The predicted molar refractivity (Wildman–Crippen MR) is 52.6 cm³/mol. The summed E-state index contributed by atoms with van der Waals surface area (Å²) in [4.78, 5) is 1.24. The molecule has 0 aromatic heterocycles. The highest BCUT2D eigenvalue weighted by Gasteiger charge is 2.41. The molecule has 0 aliphatic rings. The zero-order chi connectivity index (χ0) is 11.9. The quantitative estimate of drug-likeness (QED) is 0.666. The van der Waals surface area contributed by atoms with Crippen LogP contribution in [0.2, 0.25) is 0 Å². The van der Waals surface area contributed by atoms with Gasteiger partial charge >= 0.3 is 6.18 Å². The van der Waals surface area contributed by atoms with E-state index in [9.17, 15) is 13.2 Å². The van der Waals surface area contributed by atoms with E-state index in [1.807, 2.05) is 0 Å². The van der Waals surface area contributed by atoms with E-state index in [4.69, 9.17) is 10.5 Å². The molecule has 0 bridgehead atoms. The largest absolute Gasteiger partial charge is 0.404 e. The van der Waals surface area contributed by atoms with Gasteiger partial charge in [-0.2, -0.15) is 13.2 Å². The number of nitrogens with two attached hydrogens (primary N) is 1. The minimum absolute atomic E-state index is 0.0309. The normalized spacial score (nSPS) is 14.6. The minimum atomic E-state index is -4.22. The van der Waals surface area contributed by atoms with Crippen LogP contribution in [0.3, 0.4) is 0 Å². The van der Waals surface area contributed by atoms with Crippen LogP contribution in [0.25, 0.3) is 0 Å². The molecule has 3 nitrogen and oxygen atoms in total. The summed E-state index contributed by atoms with van der Waals surface area (Å²) in [6.45, 7) is 2.92. The zero-order valence-corrected chi connectivity index (χ0v) is 9.18. The number of alkyl halides is 3. The number of likely N-dealkylation sites (N-methyl/N-ethyl adjacent to an activating group) is 1. The van der Waals surface area contributed by atoms with E-state index < -0.39 is 12.2 Å². The Morgan fingerprint density at radius 2 is 2.00 bits per heavy atom. The fourth-order valence-electron chi connectivity index (χ4n) is 1.30. The first-order valence-electron chi connectivity index (χ1n) is 4.98. The SMILES string of the molecule is CCOCCN(C)C(CCN)C(F)(F)F. The predicted octanol–water partition coefficient (Wildman–Crippen LogP) is 1.23. The summed E-state index contributed by atoms with van der Waals surface area (Å²) in [7, 11) is 1.44. The van der Waals surface area contributed by atoms with Crippen LogP contribution in [0, 0.1) is 0 Å². The zero-order valence-electron chi connectivity index (χ0n) is 9.18. The molecule has 92 valence electrons. The number of ether oxygens (including phenoxy) is 1. The van der Waals surface area contributed by atoms with E-state index in [0.717, 1.165) is 0 Å². The van der Waals surface area contributed by atoms with E-state index in [-0.39, 0.29) is 19.5 Å². The van der Waals surface area contributed by atoms with Crippen molar-refractivity contribution in [2.45, 2.75) is 25.6 Å². The molecule has 2 N–H and O–H groups in total. The van der Waals surface area contributed by atoms with Gasteiger partial charge in [-0.25, -0.2) is 0 Å². The lowest BCUT2D eigenvalue weighted by Crippen LogP contribution is -2.46. The molecular formula is C9H19F3N2O. The van der Waals surface area contributed by atoms with Crippen molar-refractivity contribution in [1.82, 2.24) is 4.90 Å². The molecule has 15 heavy (non-hydrogen) atoms. The lowest BCUT2D eigenvalue weighted by atomic mass is 10.2. The van der Waals surface area contributed by atoms with Crippen LogP contribution in [0.5, 0.6) is 0 Å². The van der Waals surface area contributed by atoms with Crippen LogP contribution in [-0.2, 0) is 4.74 Å². The van der Waals surface area contributed by atoms with Crippen molar-refractivity contribution < 1.29 is 17.9 Å². The van der Waals surface area contributed by atoms with E-state index in [1.165, 1.54) is 11.9 Å². The van der Waals surface area contributed by atoms with Crippen LogP contribution in [-0.4, -0.2) is 50.5 Å². The third kappa shape index (κ3) is 5.96. The van der Waals surface area contributed by atoms with Gasteiger partial charge in [-0.3, -0.25) is 4.90 Å². The summed E-state index contributed by atoms with van der Waals surface area (Å²) in [5, 5.41) is 0. The van der Waals surface area contributed by atoms with E-state index in [2.05, 4.69) is 0 Å². The minimum Gasteiger partial charge on any atom is -0.380 e. The van der Waals surface area contributed by atoms with Crippen molar-refractivity contribution in [2.24, 2.45) is 5.73 Å². The lowest BCUT2D eigenvalue weighted by Gasteiger charge is -2.29. The molecule has 0 aliphatic heterocycles. The first kappa shape index (κ1) is 14.7. The number of hydrogen-bond donors (Lipinski definition) is 1. The summed E-state index contributed by atoms with van der Waals surface area (Å²) >= 11 is 0. The molecule has 0 spiro atoms. The Morgan fingerprint density at radius 1 is 1.40 bits per heavy atom. The second-order valence-electron chi connectivity index (χ2n) is 3.31. The standard InChI is InChI=1S/C9H19F3N2O/c1-3-15-7-6-14(2)8(4-5-13)9(10,11)12/h8H,3-7,13H2,1-2H3. The Labute approximate surface area is 88.4 Å². The fourth-order valence-corrected chi connectivity index (χ4v) is 1.30. The Morgan fingerprint density at radius 3 is 2.40 bits per heavy atom. The Kier molecular flexibility index (Phi) is 6.87. The molecule has 0 rings (SSSR count). The molecule has 0 aromatic carbocycles. The molecule has 0 radical (unpaired) electrons. The summed E-state index contributed by atoms with van der Waals surface area (Å²) < 4.78 is 42.6. The first-order chi connectivity index (χ1) is 6.93. The van der Waals surface area contributed by atoms with Gasteiger partial charge < -0.3 is 10.5 Å². The molecule has 0 aliphatic carbocycles. The van der Waals surface area contributed by atoms with Gasteiger partial charge in [-0.05, 0) is 26.9 Å². The van der Waals surface area contributed by atoms with Gasteiger partial charge in [-0.1, -0.05) is 0 Å². The van der Waals surface area contributed by atoms with E-state index in [0.29, 0.717) is 13.2 Å². The van der Waals surface area contributed by atoms with Gasteiger partial charge in [0.2, 0.25) is 0 Å². The molecule has 1 atom stereocenters. The molecule has 0 saturated carbocycles. The van der Waals surface area contributed by atoms with Gasteiger partial charge in [-0.15, -0.1) is 0 Å². The van der Waals surface area contributed by atoms with Crippen LogP contribution >= 0.6 is 0 Å². The van der Waals surface area contributed by atoms with Crippen molar-refractivity contribution in [3.8, 4) is 0 Å². The highest BCUT2D eigenvalue weighted by molar-refractivity contribution is 4.76. The molecule has 0 amide bonds. The number of nitrogens with zero attached hydrogens (tertiary/aromatic N) is 1. The van der Waals surface area contributed by atoms with E-state index in [1.54, 1.807) is 6.92 Å². The van der Waals surface area contributed by atoms with Gasteiger partial charge in [0.05, 0.1) is 6.61 Å². The highest BCUT2D eigenvalue weighted by Crippen LogP contribution is 2.25. The van der Waals surface area contributed by atoms with Crippen molar-refractivity contribution in [3.05, 3.63) is 0 Å². The molecule has 0 aromatic rings. The van der Waals surface area contributed by atoms with Gasteiger partial charge in [0.25, 0.3) is 0 Å². The van der Waals surface area contributed by atoms with Crippen LogP contribution in [0.4, 0.5) is 13.2 Å². The Hall–Kier alpha value is -0.330. The summed E-state index contributed by atoms with van der Waals surface area (Å²) in [6, 6.07) is -1.47. The van der Waals surface area contributed by atoms with Crippen molar-refractivity contribution in [2.75, 3.05) is 33.4 Å². The van der Waals surface area contributed by atoms with Crippen LogP contribution < -0.4 is 5.73 Å². The smallest absolute Gasteiger partial charge is 0.380 e. The second-order valence-corrected chi connectivity index (χ2v) is 3.31. The van der Waals surface area contributed by atoms with Gasteiger partial charge in [0.15, 0.2) is 0 Å². The van der Waals surface area contributed by atoms with Gasteiger partial charge in [0, 0.05) is 13.2 Å². The third-order valence-corrected chi connectivity index (χ3v) is 2.14. The molecule has 1 unspecified atom stereocenters. The summed E-state index contributed by atoms with van der Waals surface area (Å²) in [5.41, 5.74) is 5.16. The highest BCUT2D eigenvalue weighted by atomic mass is 19.4.